The van der Waals surface area contributed by atoms with Gasteiger partial charge in [0, 0.05) is 29.7 Å². The van der Waals surface area contributed by atoms with Crippen LogP contribution in [0.25, 0.3) is 11.3 Å². The first-order valence-corrected chi connectivity index (χ1v) is 9.92. The van der Waals surface area contributed by atoms with Crippen molar-refractivity contribution in [2.24, 2.45) is 4.99 Å². The third-order valence-corrected chi connectivity index (χ3v) is 5.06. The van der Waals surface area contributed by atoms with E-state index < -0.39 is 0 Å². The van der Waals surface area contributed by atoms with Crippen LogP contribution in [0.4, 0.5) is 5.13 Å². The highest BCUT2D eigenvalue weighted by atomic mass is 35.5. The molecule has 2 aromatic heterocycles. The molecule has 138 valence electrons. The Kier molecular flexibility index (Phi) is 5.42. The molecular weight excluding hydrogens is 405 g/mol. The summed E-state index contributed by atoms with van der Waals surface area (Å²) in [6, 6.07) is 8.80. The van der Waals surface area contributed by atoms with Crippen molar-refractivity contribution in [1.29, 1.82) is 0 Å². The maximum Gasteiger partial charge on any atom is 0.228 e. The van der Waals surface area contributed by atoms with E-state index in [1.165, 1.54) is 11.3 Å². The lowest BCUT2D eigenvalue weighted by Crippen LogP contribution is -2.35. The van der Waals surface area contributed by atoms with Gasteiger partial charge in [-0.3, -0.25) is 4.99 Å². The number of aromatic nitrogens is 2. The van der Waals surface area contributed by atoms with Gasteiger partial charge in [0.1, 0.15) is 5.75 Å². The number of nitrogens with one attached hydrogen (secondary N) is 2. The number of rotatable bonds is 4. The lowest BCUT2D eigenvalue weighted by molar-refractivity contribution is 0.465. The summed E-state index contributed by atoms with van der Waals surface area (Å²) in [4.78, 5) is 13.4. The monoisotopic (exact) mass is 419 g/mol. The van der Waals surface area contributed by atoms with Crippen LogP contribution >= 0.6 is 34.5 Å². The molecule has 0 spiro atoms. The first-order chi connectivity index (χ1) is 13.2. The van der Waals surface area contributed by atoms with Crippen LogP contribution in [0.15, 0.2) is 46.9 Å². The van der Waals surface area contributed by atoms with E-state index in [4.69, 9.17) is 27.9 Å². The number of hydrogen-bond acceptors (Lipinski definition) is 7. The van der Waals surface area contributed by atoms with E-state index in [9.17, 15) is 0 Å². The number of ether oxygens (including phenoxy) is 1. The van der Waals surface area contributed by atoms with E-state index in [2.05, 4.69) is 25.6 Å². The van der Waals surface area contributed by atoms with Gasteiger partial charge >= 0.3 is 0 Å². The SMILES string of the molecule is Clc1ccc(Oc2ncccc2-c2csc(NC3=NCCCN3)n2)c(Cl)c1. The maximum atomic E-state index is 6.21. The molecule has 4 rings (SSSR count). The molecule has 9 heteroatoms. The second kappa shape index (κ2) is 8.12. The number of halogens is 2. The Morgan fingerprint density at radius 1 is 1.22 bits per heavy atom. The molecule has 0 bridgehead atoms. The summed E-state index contributed by atoms with van der Waals surface area (Å²) < 4.78 is 5.92. The average Bonchev–Trinajstić information content (AvgIpc) is 3.13. The standard InChI is InChI=1S/C18H15Cl2N5OS/c19-11-4-5-15(13(20)9-11)26-16-12(3-1-6-21-16)14-10-27-18(24-14)25-17-22-7-2-8-23-17/h1,3-6,9-10H,2,7-8H2,(H2,22,23,24,25). The highest BCUT2D eigenvalue weighted by molar-refractivity contribution is 7.14. The van der Waals surface area contributed by atoms with E-state index in [0.717, 1.165) is 41.9 Å². The number of hydrogen-bond donors (Lipinski definition) is 2. The minimum Gasteiger partial charge on any atom is -0.437 e. The van der Waals surface area contributed by atoms with Crippen molar-refractivity contribution in [3.8, 4) is 22.9 Å². The summed E-state index contributed by atoms with van der Waals surface area (Å²) in [7, 11) is 0. The van der Waals surface area contributed by atoms with Crippen LogP contribution in [0.5, 0.6) is 11.6 Å². The van der Waals surface area contributed by atoms with Crippen molar-refractivity contribution >= 4 is 45.6 Å². The highest BCUT2D eigenvalue weighted by Crippen LogP contribution is 2.36. The van der Waals surface area contributed by atoms with Crippen LogP contribution in [-0.4, -0.2) is 29.0 Å². The van der Waals surface area contributed by atoms with E-state index in [1.54, 1.807) is 24.4 Å². The van der Waals surface area contributed by atoms with Crippen molar-refractivity contribution in [2.75, 3.05) is 18.4 Å². The number of pyridine rings is 1. The topological polar surface area (TPSA) is 71.4 Å². The molecule has 0 radical (unpaired) electrons. The number of aliphatic imine (C=N–C) groups is 1. The Labute approximate surface area is 170 Å². The molecule has 27 heavy (non-hydrogen) atoms. The van der Waals surface area contributed by atoms with Crippen molar-refractivity contribution in [3.05, 3.63) is 52.0 Å². The molecular formula is C18H15Cl2N5OS. The minimum absolute atomic E-state index is 0.418. The van der Waals surface area contributed by atoms with Crippen molar-refractivity contribution in [1.82, 2.24) is 15.3 Å². The van der Waals surface area contributed by atoms with Gasteiger partial charge in [0.2, 0.25) is 5.88 Å². The number of guanidine groups is 1. The normalized spacial score (nSPS) is 13.6. The summed E-state index contributed by atoms with van der Waals surface area (Å²) in [5.41, 5.74) is 1.53. The first kappa shape index (κ1) is 18.0. The molecule has 1 aliphatic rings. The average molecular weight is 420 g/mol. The molecule has 0 atom stereocenters. The van der Waals surface area contributed by atoms with Gasteiger partial charge in [0.15, 0.2) is 11.1 Å². The van der Waals surface area contributed by atoms with E-state index in [-0.39, 0.29) is 0 Å². The second-order valence-electron chi connectivity index (χ2n) is 5.71. The number of nitrogens with zero attached hydrogens (tertiary/aromatic N) is 3. The summed E-state index contributed by atoms with van der Waals surface area (Å²) >= 11 is 13.6. The van der Waals surface area contributed by atoms with E-state index >= 15 is 0 Å². The maximum absolute atomic E-state index is 6.21. The fourth-order valence-electron chi connectivity index (χ4n) is 2.50. The van der Waals surface area contributed by atoms with Gasteiger partial charge in [-0.1, -0.05) is 23.2 Å². The van der Waals surface area contributed by atoms with Gasteiger partial charge in [-0.15, -0.1) is 11.3 Å². The van der Waals surface area contributed by atoms with Gasteiger partial charge in [-0.2, -0.15) is 0 Å². The predicted molar refractivity (Wildman–Crippen MR) is 110 cm³/mol. The van der Waals surface area contributed by atoms with Crippen molar-refractivity contribution in [3.63, 3.8) is 0 Å². The highest BCUT2D eigenvalue weighted by Gasteiger charge is 2.15. The molecule has 0 fully saturated rings. The molecule has 3 aromatic rings. The Morgan fingerprint density at radius 2 is 2.15 bits per heavy atom. The van der Waals surface area contributed by atoms with Crippen LogP contribution < -0.4 is 15.4 Å². The molecule has 6 nitrogen and oxygen atoms in total. The number of thiazole rings is 1. The summed E-state index contributed by atoms with van der Waals surface area (Å²) in [5.74, 6) is 1.65. The first-order valence-electron chi connectivity index (χ1n) is 8.28. The van der Waals surface area contributed by atoms with Crippen LogP contribution in [-0.2, 0) is 0 Å². The molecule has 1 aromatic carbocycles. The molecule has 0 unspecified atom stereocenters. The van der Waals surface area contributed by atoms with Crippen LogP contribution in [0.2, 0.25) is 10.0 Å². The number of benzene rings is 1. The summed E-state index contributed by atoms with van der Waals surface area (Å²) in [6.07, 6.45) is 2.70. The third-order valence-electron chi connectivity index (χ3n) is 3.77. The van der Waals surface area contributed by atoms with E-state index in [1.807, 2.05) is 17.5 Å². The summed E-state index contributed by atoms with van der Waals surface area (Å²) in [5, 5.41) is 10.1. The Balaban J connectivity index is 1.58. The smallest absolute Gasteiger partial charge is 0.228 e. The largest absolute Gasteiger partial charge is 0.437 e. The fraction of sp³-hybridized carbons (Fsp3) is 0.167. The third kappa shape index (κ3) is 4.32. The molecule has 3 heterocycles. The quantitative estimate of drug-likeness (QED) is 0.617. The number of anilines is 1. The van der Waals surface area contributed by atoms with Crippen LogP contribution in [0.3, 0.4) is 0 Å². The zero-order valence-corrected chi connectivity index (χ0v) is 16.4. The lowest BCUT2D eigenvalue weighted by Gasteiger charge is -2.14. The zero-order valence-electron chi connectivity index (χ0n) is 14.1. The van der Waals surface area contributed by atoms with Crippen molar-refractivity contribution < 1.29 is 4.74 Å². The fourth-order valence-corrected chi connectivity index (χ4v) is 3.66. The Morgan fingerprint density at radius 3 is 2.96 bits per heavy atom. The zero-order chi connectivity index (χ0) is 18.6. The van der Waals surface area contributed by atoms with Crippen LogP contribution in [0, 0.1) is 0 Å². The molecule has 2 N–H and O–H groups in total. The van der Waals surface area contributed by atoms with Crippen LogP contribution in [0.1, 0.15) is 6.42 Å². The van der Waals surface area contributed by atoms with Gasteiger partial charge in [-0.25, -0.2) is 9.97 Å². The minimum atomic E-state index is 0.418. The van der Waals surface area contributed by atoms with Crippen molar-refractivity contribution in [2.45, 2.75) is 6.42 Å². The second-order valence-corrected chi connectivity index (χ2v) is 7.41. The van der Waals surface area contributed by atoms with Gasteiger partial charge in [0.05, 0.1) is 16.3 Å². The van der Waals surface area contributed by atoms with Gasteiger partial charge in [0.25, 0.3) is 0 Å². The Hall–Kier alpha value is -2.35. The molecule has 0 saturated carbocycles. The summed E-state index contributed by atoms with van der Waals surface area (Å²) in [6.45, 7) is 1.72. The van der Waals surface area contributed by atoms with Gasteiger partial charge < -0.3 is 15.4 Å². The Bertz CT molecular complexity index is 991. The molecule has 0 aliphatic carbocycles. The predicted octanol–water partition coefficient (Wildman–Crippen LogP) is 5.07. The van der Waals surface area contributed by atoms with E-state index in [0.29, 0.717) is 21.7 Å². The molecule has 0 saturated heterocycles. The molecule has 1 aliphatic heterocycles. The molecule has 0 amide bonds. The lowest BCUT2D eigenvalue weighted by atomic mass is 10.2. The van der Waals surface area contributed by atoms with Gasteiger partial charge in [-0.05, 0) is 36.8 Å².